The van der Waals surface area contributed by atoms with Crippen molar-refractivity contribution in [3.05, 3.63) is 68.5 Å². The Hall–Kier alpha value is -3.06. The van der Waals surface area contributed by atoms with Gasteiger partial charge in [0.05, 0.1) is 21.6 Å². The average molecular weight is 407 g/mol. The Kier molecular flexibility index (Phi) is 4.70. The first-order valence-electron chi connectivity index (χ1n) is 9.25. The lowest BCUT2D eigenvalue weighted by atomic mass is 10.1. The first kappa shape index (κ1) is 19.3. The van der Waals surface area contributed by atoms with Crippen LogP contribution >= 0.6 is 11.8 Å². The van der Waals surface area contributed by atoms with Crippen LogP contribution in [0.5, 0.6) is 0 Å². The zero-order valence-corrected chi connectivity index (χ0v) is 17.9. The van der Waals surface area contributed by atoms with Crippen molar-refractivity contribution < 1.29 is 4.79 Å². The van der Waals surface area contributed by atoms with Gasteiger partial charge in [-0.25, -0.2) is 9.79 Å². The van der Waals surface area contributed by atoms with Crippen molar-refractivity contribution >= 4 is 45.6 Å². The van der Waals surface area contributed by atoms with Crippen molar-refractivity contribution in [1.29, 1.82) is 0 Å². The summed E-state index contributed by atoms with van der Waals surface area (Å²) in [6.07, 6.45) is 1.85. The Balaban J connectivity index is 1.69. The number of amides is 1. The molecule has 4 rings (SSSR count). The number of aryl methyl sites for hydroxylation is 4. The van der Waals surface area contributed by atoms with E-state index in [0.717, 1.165) is 22.3 Å². The van der Waals surface area contributed by atoms with Crippen LogP contribution in [0.4, 0.5) is 5.69 Å². The van der Waals surface area contributed by atoms with E-state index in [1.807, 2.05) is 49.4 Å². The summed E-state index contributed by atoms with van der Waals surface area (Å²) in [5, 5.41) is 0.651. The van der Waals surface area contributed by atoms with Crippen LogP contribution in [-0.4, -0.2) is 32.2 Å². The van der Waals surface area contributed by atoms with Crippen molar-refractivity contribution in [1.82, 2.24) is 14.0 Å². The van der Waals surface area contributed by atoms with E-state index >= 15 is 0 Å². The predicted octanol–water partition coefficient (Wildman–Crippen LogP) is 3.73. The summed E-state index contributed by atoms with van der Waals surface area (Å²) < 4.78 is 3.23. The fourth-order valence-corrected chi connectivity index (χ4v) is 4.31. The van der Waals surface area contributed by atoms with Gasteiger partial charge in [0, 0.05) is 21.1 Å². The van der Waals surface area contributed by atoms with Gasteiger partial charge in [-0.1, -0.05) is 12.1 Å². The number of amidine groups is 1. The second-order valence-corrected chi connectivity index (χ2v) is 8.30. The van der Waals surface area contributed by atoms with E-state index in [-0.39, 0.29) is 11.6 Å². The number of fused-ring (bicyclic) bond motifs is 1. The van der Waals surface area contributed by atoms with Gasteiger partial charge in [-0.2, -0.15) is 0 Å². The SMILES string of the molecule is Cc1ccc(N=C2S/C(=C/c3ccc4c(c3)n(C)c(=O)n4C)C(=O)N2C)cc1C. The third-order valence-corrected chi connectivity index (χ3v) is 6.37. The summed E-state index contributed by atoms with van der Waals surface area (Å²) in [5.74, 6) is -0.0837. The molecule has 1 aromatic heterocycles. The van der Waals surface area contributed by atoms with Gasteiger partial charge in [-0.15, -0.1) is 0 Å². The largest absolute Gasteiger partial charge is 0.328 e. The number of imidazole rings is 1. The normalized spacial score (nSPS) is 17.3. The molecule has 148 valence electrons. The zero-order chi connectivity index (χ0) is 20.9. The number of thioether (sulfide) groups is 1. The van der Waals surface area contributed by atoms with E-state index < -0.39 is 0 Å². The number of aromatic nitrogens is 2. The fraction of sp³-hybridized carbons (Fsp3) is 0.227. The van der Waals surface area contributed by atoms with Gasteiger partial charge in [0.25, 0.3) is 5.91 Å². The molecule has 1 amide bonds. The molecule has 29 heavy (non-hydrogen) atoms. The molecule has 0 saturated carbocycles. The highest BCUT2D eigenvalue weighted by Gasteiger charge is 2.30. The van der Waals surface area contributed by atoms with Gasteiger partial charge < -0.3 is 0 Å². The van der Waals surface area contributed by atoms with E-state index in [2.05, 4.69) is 11.9 Å². The van der Waals surface area contributed by atoms with Crippen LogP contribution in [0.1, 0.15) is 16.7 Å². The molecule has 2 aromatic carbocycles. The summed E-state index contributed by atoms with van der Waals surface area (Å²) in [6, 6.07) is 11.8. The zero-order valence-electron chi connectivity index (χ0n) is 17.1. The van der Waals surface area contributed by atoms with Crippen molar-refractivity contribution in [2.45, 2.75) is 13.8 Å². The monoisotopic (exact) mass is 406 g/mol. The maximum atomic E-state index is 12.7. The molecular weight excluding hydrogens is 384 g/mol. The molecule has 0 spiro atoms. The minimum Gasteiger partial charge on any atom is -0.295 e. The molecule has 0 aliphatic carbocycles. The van der Waals surface area contributed by atoms with Crippen molar-refractivity contribution in [2.75, 3.05) is 7.05 Å². The minimum atomic E-state index is -0.0837. The van der Waals surface area contributed by atoms with E-state index in [0.29, 0.717) is 10.1 Å². The van der Waals surface area contributed by atoms with Crippen molar-refractivity contribution in [3.63, 3.8) is 0 Å². The number of rotatable bonds is 2. The van der Waals surface area contributed by atoms with Gasteiger partial charge >= 0.3 is 5.69 Å². The van der Waals surface area contributed by atoms with Crippen LogP contribution in [0.15, 0.2) is 51.1 Å². The van der Waals surface area contributed by atoms with Crippen LogP contribution in [-0.2, 0) is 18.9 Å². The first-order valence-corrected chi connectivity index (χ1v) is 10.1. The quantitative estimate of drug-likeness (QED) is 0.610. The van der Waals surface area contributed by atoms with Crippen molar-refractivity contribution in [2.24, 2.45) is 19.1 Å². The molecule has 3 aromatic rings. The molecule has 7 heteroatoms. The highest BCUT2D eigenvalue weighted by molar-refractivity contribution is 8.18. The topological polar surface area (TPSA) is 59.6 Å². The van der Waals surface area contributed by atoms with E-state index in [4.69, 9.17) is 0 Å². The molecule has 0 bridgehead atoms. The van der Waals surface area contributed by atoms with Crippen LogP contribution < -0.4 is 5.69 Å². The third kappa shape index (κ3) is 3.31. The number of hydrogen-bond acceptors (Lipinski definition) is 4. The third-order valence-electron chi connectivity index (χ3n) is 5.31. The molecule has 1 aliphatic rings. The lowest BCUT2D eigenvalue weighted by Crippen LogP contribution is -2.23. The van der Waals surface area contributed by atoms with Gasteiger partial charge in [0.15, 0.2) is 5.17 Å². The molecule has 1 saturated heterocycles. The summed E-state index contributed by atoms with van der Waals surface area (Å²) >= 11 is 1.36. The van der Waals surface area contributed by atoms with Gasteiger partial charge in [0.1, 0.15) is 0 Å². The minimum absolute atomic E-state index is 0.0707. The standard InChI is InChI=1S/C22H22N4O2S/c1-13-6-8-16(10-14(13)2)23-21-26(5)20(27)19(29-21)12-15-7-9-17-18(11-15)25(4)22(28)24(17)3/h6-12H,1-5H3/b19-12+,23-21?. The molecule has 2 heterocycles. The van der Waals surface area contributed by atoms with Crippen molar-refractivity contribution in [3.8, 4) is 0 Å². The first-order chi connectivity index (χ1) is 13.8. The smallest absolute Gasteiger partial charge is 0.295 e. The Bertz CT molecular complexity index is 1280. The lowest BCUT2D eigenvalue weighted by Gasteiger charge is -2.08. The van der Waals surface area contributed by atoms with Crippen LogP contribution in [0.25, 0.3) is 17.1 Å². The highest BCUT2D eigenvalue weighted by atomic mass is 32.2. The van der Waals surface area contributed by atoms with E-state index in [1.165, 1.54) is 22.9 Å². The predicted molar refractivity (Wildman–Crippen MR) is 120 cm³/mol. The summed E-state index contributed by atoms with van der Waals surface area (Å²) in [7, 11) is 5.24. The number of aliphatic imine (C=N–C) groups is 1. The molecule has 1 fully saturated rings. The molecule has 0 atom stereocenters. The Labute approximate surface area is 173 Å². The lowest BCUT2D eigenvalue weighted by molar-refractivity contribution is -0.121. The Morgan fingerprint density at radius 1 is 0.897 bits per heavy atom. The summed E-state index contributed by atoms with van der Waals surface area (Å²) in [6.45, 7) is 4.11. The van der Waals surface area contributed by atoms with Crippen LogP contribution in [0, 0.1) is 13.8 Å². The van der Waals surface area contributed by atoms with Crippen LogP contribution in [0.2, 0.25) is 0 Å². The molecule has 0 radical (unpaired) electrons. The Morgan fingerprint density at radius 3 is 2.34 bits per heavy atom. The number of nitrogens with zero attached hydrogens (tertiary/aromatic N) is 4. The van der Waals surface area contributed by atoms with Crippen LogP contribution in [0.3, 0.4) is 0 Å². The fourth-order valence-electron chi connectivity index (χ4n) is 3.32. The average Bonchev–Trinajstić information content (AvgIpc) is 3.08. The summed E-state index contributed by atoms with van der Waals surface area (Å²) in [4.78, 5) is 31.7. The van der Waals surface area contributed by atoms with Gasteiger partial charge in [0.2, 0.25) is 0 Å². The van der Waals surface area contributed by atoms with Gasteiger partial charge in [-0.3, -0.25) is 18.8 Å². The molecule has 0 N–H and O–H groups in total. The maximum Gasteiger partial charge on any atom is 0.328 e. The molecule has 1 aliphatic heterocycles. The maximum absolute atomic E-state index is 12.7. The molecule has 0 unspecified atom stereocenters. The van der Waals surface area contributed by atoms with Gasteiger partial charge in [-0.05, 0) is 72.6 Å². The second kappa shape index (κ2) is 7.08. The highest BCUT2D eigenvalue weighted by Crippen LogP contribution is 2.33. The van der Waals surface area contributed by atoms with E-state index in [1.54, 1.807) is 35.2 Å². The number of likely N-dealkylation sites (N-methyl/N-ethyl adjacent to an activating group) is 1. The summed E-state index contributed by atoms with van der Waals surface area (Å²) in [5.41, 5.74) is 5.70. The number of benzene rings is 2. The molecular formula is C22H22N4O2S. The Morgan fingerprint density at radius 2 is 1.62 bits per heavy atom. The van der Waals surface area contributed by atoms with E-state index in [9.17, 15) is 9.59 Å². The molecule has 6 nitrogen and oxygen atoms in total. The number of carbonyl (C=O) groups is 1. The number of hydrogen-bond donors (Lipinski definition) is 0. The number of carbonyl (C=O) groups excluding carboxylic acids is 1. The second-order valence-electron chi connectivity index (χ2n) is 7.29.